The van der Waals surface area contributed by atoms with Gasteiger partial charge in [-0.1, -0.05) is 0 Å². The topological polar surface area (TPSA) is 38.3 Å². The number of methoxy groups -OCH3 is 1. The number of thioether (sulfide) groups is 1. The van der Waals surface area contributed by atoms with E-state index in [-0.39, 0.29) is 5.97 Å². The predicted octanol–water partition coefficient (Wildman–Crippen LogP) is 1.16. The molecule has 3 nitrogen and oxygen atoms in total. The molecule has 0 aromatic rings. The van der Waals surface area contributed by atoms with E-state index in [9.17, 15) is 4.79 Å². The first-order valence-electron chi connectivity index (χ1n) is 4.41. The van der Waals surface area contributed by atoms with Gasteiger partial charge in [0.2, 0.25) is 0 Å². The zero-order chi connectivity index (χ0) is 9.52. The smallest absolute Gasteiger partial charge is 0.331 e. The number of ether oxygens (including phenoxy) is 1. The standard InChI is InChI=1S/C9H15NO2S/c1-12-9(11)2-5-10-8-3-6-13-7-4-8/h2,5,8,10H,3-4,6-7H2,1H3/b5-2+. The van der Waals surface area contributed by atoms with Crippen molar-refractivity contribution in [1.82, 2.24) is 5.32 Å². The van der Waals surface area contributed by atoms with E-state index < -0.39 is 0 Å². The summed E-state index contributed by atoms with van der Waals surface area (Å²) in [5.74, 6) is 2.12. The molecule has 0 radical (unpaired) electrons. The van der Waals surface area contributed by atoms with E-state index in [0.29, 0.717) is 6.04 Å². The van der Waals surface area contributed by atoms with Gasteiger partial charge in [-0.2, -0.15) is 11.8 Å². The van der Waals surface area contributed by atoms with Gasteiger partial charge in [0.15, 0.2) is 0 Å². The number of rotatable bonds is 3. The number of carbonyl (C=O) groups is 1. The van der Waals surface area contributed by atoms with Crippen LogP contribution in [0.2, 0.25) is 0 Å². The minimum absolute atomic E-state index is 0.308. The summed E-state index contributed by atoms with van der Waals surface area (Å²) in [6, 6.07) is 0.530. The maximum atomic E-state index is 10.7. The monoisotopic (exact) mass is 201 g/mol. The van der Waals surface area contributed by atoms with Gasteiger partial charge in [-0.25, -0.2) is 4.79 Å². The summed E-state index contributed by atoms with van der Waals surface area (Å²) in [7, 11) is 1.38. The molecule has 4 heteroatoms. The highest BCUT2D eigenvalue weighted by atomic mass is 32.2. The van der Waals surface area contributed by atoms with Crippen molar-refractivity contribution in [1.29, 1.82) is 0 Å². The average molecular weight is 201 g/mol. The van der Waals surface area contributed by atoms with Gasteiger partial charge >= 0.3 is 5.97 Å². The zero-order valence-electron chi connectivity index (χ0n) is 7.79. The first-order valence-corrected chi connectivity index (χ1v) is 5.56. The molecule has 0 aromatic carbocycles. The van der Waals surface area contributed by atoms with Gasteiger partial charge in [0, 0.05) is 18.3 Å². The molecule has 0 amide bonds. The molecule has 1 N–H and O–H groups in total. The molecule has 0 atom stereocenters. The Hall–Kier alpha value is -0.640. The zero-order valence-corrected chi connectivity index (χ0v) is 8.60. The summed E-state index contributed by atoms with van der Waals surface area (Å²) in [4.78, 5) is 10.7. The summed E-state index contributed by atoms with van der Waals surface area (Å²) in [6.07, 6.45) is 5.46. The van der Waals surface area contributed by atoms with Crippen LogP contribution in [0.4, 0.5) is 0 Å². The normalized spacial score (nSPS) is 18.8. The Balaban J connectivity index is 2.16. The molecular weight excluding hydrogens is 186 g/mol. The molecule has 0 unspecified atom stereocenters. The van der Waals surface area contributed by atoms with Gasteiger partial charge in [-0.3, -0.25) is 0 Å². The molecule has 1 heterocycles. The van der Waals surface area contributed by atoms with Crippen molar-refractivity contribution in [2.24, 2.45) is 0 Å². The Kier molecular flexibility index (Phi) is 4.75. The molecule has 1 rings (SSSR count). The second kappa shape index (κ2) is 5.91. The van der Waals surface area contributed by atoms with E-state index in [4.69, 9.17) is 0 Å². The van der Waals surface area contributed by atoms with Crippen molar-refractivity contribution in [3.63, 3.8) is 0 Å². The van der Waals surface area contributed by atoms with Crippen LogP contribution in [-0.2, 0) is 9.53 Å². The van der Waals surface area contributed by atoms with Crippen molar-refractivity contribution in [3.8, 4) is 0 Å². The van der Waals surface area contributed by atoms with Crippen LogP contribution in [-0.4, -0.2) is 30.6 Å². The number of carbonyl (C=O) groups excluding carboxylic acids is 1. The quantitative estimate of drug-likeness (QED) is 0.549. The van der Waals surface area contributed by atoms with Gasteiger partial charge in [0.25, 0.3) is 0 Å². The number of nitrogens with one attached hydrogen (secondary N) is 1. The van der Waals surface area contributed by atoms with Crippen LogP contribution in [0.5, 0.6) is 0 Å². The van der Waals surface area contributed by atoms with Gasteiger partial charge in [-0.15, -0.1) is 0 Å². The van der Waals surface area contributed by atoms with Gasteiger partial charge in [0.05, 0.1) is 7.11 Å². The SMILES string of the molecule is COC(=O)/C=C/NC1CCSCC1. The number of hydrogen-bond donors (Lipinski definition) is 1. The van der Waals surface area contributed by atoms with Crippen molar-refractivity contribution in [2.75, 3.05) is 18.6 Å². The van der Waals surface area contributed by atoms with Gasteiger partial charge < -0.3 is 10.1 Å². The fourth-order valence-corrected chi connectivity index (χ4v) is 2.29. The van der Waals surface area contributed by atoms with Crippen molar-refractivity contribution >= 4 is 17.7 Å². The molecule has 74 valence electrons. The van der Waals surface area contributed by atoms with E-state index in [2.05, 4.69) is 10.1 Å². The Morgan fingerprint density at radius 3 is 2.85 bits per heavy atom. The predicted molar refractivity (Wildman–Crippen MR) is 54.6 cm³/mol. The summed E-state index contributed by atoms with van der Waals surface area (Å²) < 4.78 is 4.47. The fourth-order valence-electron chi connectivity index (χ4n) is 1.18. The lowest BCUT2D eigenvalue weighted by molar-refractivity contribution is -0.134. The second-order valence-electron chi connectivity index (χ2n) is 2.91. The Labute approximate surface area is 82.9 Å². The Bertz CT molecular complexity index is 188. The molecular formula is C9H15NO2S. The van der Waals surface area contributed by atoms with Gasteiger partial charge in [-0.05, 0) is 24.3 Å². The highest BCUT2D eigenvalue weighted by Crippen LogP contribution is 2.16. The third kappa shape index (κ3) is 4.22. The summed E-state index contributed by atoms with van der Waals surface area (Å²) >= 11 is 1.99. The first kappa shape index (κ1) is 10.4. The number of esters is 1. The summed E-state index contributed by atoms with van der Waals surface area (Å²) in [5.41, 5.74) is 0. The maximum Gasteiger partial charge on any atom is 0.331 e. The lowest BCUT2D eigenvalue weighted by Gasteiger charge is -2.21. The summed E-state index contributed by atoms with van der Waals surface area (Å²) in [6.45, 7) is 0. The molecule has 13 heavy (non-hydrogen) atoms. The van der Waals surface area contributed by atoms with Crippen LogP contribution in [0.1, 0.15) is 12.8 Å². The van der Waals surface area contributed by atoms with Crippen LogP contribution >= 0.6 is 11.8 Å². The minimum Gasteiger partial charge on any atom is -0.466 e. The first-order chi connectivity index (χ1) is 6.33. The third-order valence-electron chi connectivity index (χ3n) is 1.97. The van der Waals surface area contributed by atoms with Crippen molar-refractivity contribution in [3.05, 3.63) is 12.3 Å². The van der Waals surface area contributed by atoms with Crippen LogP contribution in [0.15, 0.2) is 12.3 Å². The largest absolute Gasteiger partial charge is 0.466 e. The molecule has 1 saturated heterocycles. The molecule has 1 aliphatic rings. The average Bonchev–Trinajstić information content (AvgIpc) is 2.19. The van der Waals surface area contributed by atoms with E-state index in [1.54, 1.807) is 6.20 Å². The highest BCUT2D eigenvalue weighted by molar-refractivity contribution is 7.99. The molecule has 0 aliphatic carbocycles. The Morgan fingerprint density at radius 2 is 2.23 bits per heavy atom. The molecule has 0 bridgehead atoms. The maximum absolute atomic E-state index is 10.7. The summed E-state index contributed by atoms with van der Waals surface area (Å²) in [5, 5.41) is 3.19. The van der Waals surface area contributed by atoms with E-state index in [0.717, 1.165) is 0 Å². The van der Waals surface area contributed by atoms with Crippen LogP contribution < -0.4 is 5.32 Å². The van der Waals surface area contributed by atoms with E-state index in [1.807, 2.05) is 11.8 Å². The Morgan fingerprint density at radius 1 is 1.54 bits per heavy atom. The minimum atomic E-state index is -0.308. The van der Waals surface area contributed by atoms with Crippen LogP contribution in [0.25, 0.3) is 0 Å². The molecule has 0 saturated carbocycles. The fraction of sp³-hybridized carbons (Fsp3) is 0.667. The van der Waals surface area contributed by atoms with E-state index >= 15 is 0 Å². The van der Waals surface area contributed by atoms with Crippen molar-refractivity contribution in [2.45, 2.75) is 18.9 Å². The molecule has 0 aromatic heterocycles. The molecule has 1 fully saturated rings. The van der Waals surface area contributed by atoms with E-state index in [1.165, 1.54) is 37.5 Å². The molecule has 0 spiro atoms. The lowest BCUT2D eigenvalue weighted by atomic mass is 10.2. The lowest BCUT2D eigenvalue weighted by Crippen LogP contribution is -2.28. The third-order valence-corrected chi connectivity index (χ3v) is 3.02. The van der Waals surface area contributed by atoms with Crippen LogP contribution in [0, 0.1) is 0 Å². The van der Waals surface area contributed by atoms with Crippen LogP contribution in [0.3, 0.4) is 0 Å². The second-order valence-corrected chi connectivity index (χ2v) is 4.13. The van der Waals surface area contributed by atoms with Crippen molar-refractivity contribution < 1.29 is 9.53 Å². The number of hydrogen-bond acceptors (Lipinski definition) is 4. The highest BCUT2D eigenvalue weighted by Gasteiger charge is 2.10. The van der Waals surface area contributed by atoms with Gasteiger partial charge in [0.1, 0.15) is 0 Å². The molecule has 1 aliphatic heterocycles.